The van der Waals surface area contributed by atoms with Crippen molar-refractivity contribution in [3.05, 3.63) is 22.4 Å². The number of thiol groups is 1. The van der Waals surface area contributed by atoms with E-state index < -0.39 is 0 Å². The highest BCUT2D eigenvalue weighted by molar-refractivity contribution is 7.80. The van der Waals surface area contributed by atoms with Crippen molar-refractivity contribution in [2.24, 2.45) is 5.92 Å². The van der Waals surface area contributed by atoms with Crippen molar-refractivity contribution in [1.29, 1.82) is 0 Å². The standard InChI is InChI=1S/C10H10Cl2N2OS/c11-8-2-1-7(10(12)13-8)14-4-6(5-16)3-9(14)15/h1-2,6,16H,3-5H2. The molecule has 3 nitrogen and oxygen atoms in total. The van der Waals surface area contributed by atoms with E-state index in [9.17, 15) is 4.79 Å². The van der Waals surface area contributed by atoms with Crippen LogP contribution in [0.2, 0.25) is 10.3 Å². The molecule has 1 aromatic heterocycles. The van der Waals surface area contributed by atoms with Gasteiger partial charge in [0.15, 0.2) is 5.15 Å². The second-order valence-corrected chi connectivity index (χ2v) is 4.81. The summed E-state index contributed by atoms with van der Waals surface area (Å²) in [5.41, 5.74) is 0.625. The van der Waals surface area contributed by atoms with Gasteiger partial charge in [0.1, 0.15) is 5.15 Å². The molecule has 2 rings (SSSR count). The fraction of sp³-hybridized carbons (Fsp3) is 0.400. The molecule has 1 unspecified atom stereocenters. The largest absolute Gasteiger partial charge is 0.309 e. The predicted molar refractivity (Wildman–Crippen MR) is 68.6 cm³/mol. The number of carbonyl (C=O) groups excluding carboxylic acids is 1. The molecule has 1 amide bonds. The van der Waals surface area contributed by atoms with Gasteiger partial charge in [-0.2, -0.15) is 12.6 Å². The molecule has 0 saturated carbocycles. The monoisotopic (exact) mass is 276 g/mol. The highest BCUT2D eigenvalue weighted by atomic mass is 35.5. The zero-order chi connectivity index (χ0) is 11.7. The van der Waals surface area contributed by atoms with E-state index in [-0.39, 0.29) is 17.0 Å². The van der Waals surface area contributed by atoms with Crippen LogP contribution in [-0.2, 0) is 4.79 Å². The molecule has 1 atom stereocenters. The highest BCUT2D eigenvalue weighted by Gasteiger charge is 2.31. The molecule has 1 aliphatic heterocycles. The van der Waals surface area contributed by atoms with Crippen LogP contribution in [0, 0.1) is 5.92 Å². The minimum absolute atomic E-state index is 0.0603. The molecule has 1 aromatic rings. The van der Waals surface area contributed by atoms with E-state index in [1.165, 1.54) is 0 Å². The van der Waals surface area contributed by atoms with Gasteiger partial charge in [-0.1, -0.05) is 23.2 Å². The Hall–Kier alpha value is -0.450. The quantitative estimate of drug-likeness (QED) is 0.666. The Kier molecular flexibility index (Phi) is 3.62. The maximum absolute atomic E-state index is 11.8. The smallest absolute Gasteiger partial charge is 0.227 e. The Morgan fingerprint density at radius 1 is 1.50 bits per heavy atom. The minimum Gasteiger partial charge on any atom is -0.309 e. The topological polar surface area (TPSA) is 33.2 Å². The summed E-state index contributed by atoms with van der Waals surface area (Å²) < 4.78 is 0. The lowest BCUT2D eigenvalue weighted by Gasteiger charge is -2.17. The number of amides is 1. The van der Waals surface area contributed by atoms with Crippen LogP contribution in [0.3, 0.4) is 0 Å². The van der Waals surface area contributed by atoms with Gasteiger partial charge in [-0.15, -0.1) is 0 Å². The van der Waals surface area contributed by atoms with Crippen LogP contribution in [0.15, 0.2) is 12.1 Å². The van der Waals surface area contributed by atoms with Crippen LogP contribution < -0.4 is 4.90 Å². The van der Waals surface area contributed by atoms with Crippen molar-refractivity contribution in [3.63, 3.8) is 0 Å². The van der Waals surface area contributed by atoms with Crippen molar-refractivity contribution >= 4 is 47.4 Å². The summed E-state index contributed by atoms with van der Waals surface area (Å²) in [5, 5.41) is 0.590. The van der Waals surface area contributed by atoms with Crippen LogP contribution >= 0.6 is 35.8 Å². The average molecular weight is 277 g/mol. The van der Waals surface area contributed by atoms with Crippen LogP contribution in [0.25, 0.3) is 0 Å². The normalized spacial score (nSPS) is 20.6. The van der Waals surface area contributed by atoms with E-state index in [0.29, 0.717) is 29.6 Å². The molecule has 0 spiro atoms. The lowest BCUT2D eigenvalue weighted by molar-refractivity contribution is -0.117. The highest BCUT2D eigenvalue weighted by Crippen LogP contribution is 2.31. The molecule has 86 valence electrons. The van der Waals surface area contributed by atoms with Gasteiger partial charge in [-0.3, -0.25) is 4.79 Å². The van der Waals surface area contributed by atoms with Crippen LogP contribution in [0.5, 0.6) is 0 Å². The summed E-state index contributed by atoms with van der Waals surface area (Å²) in [6.45, 7) is 0.644. The molecule has 2 heterocycles. The Morgan fingerprint density at radius 3 is 2.81 bits per heavy atom. The molecule has 0 aromatic carbocycles. The van der Waals surface area contributed by atoms with Gasteiger partial charge in [0.2, 0.25) is 5.91 Å². The van der Waals surface area contributed by atoms with Crippen molar-refractivity contribution in [3.8, 4) is 0 Å². The maximum atomic E-state index is 11.8. The van der Waals surface area contributed by atoms with Crippen LogP contribution in [0.4, 0.5) is 5.69 Å². The molecule has 16 heavy (non-hydrogen) atoms. The maximum Gasteiger partial charge on any atom is 0.227 e. The van der Waals surface area contributed by atoms with Gasteiger partial charge >= 0.3 is 0 Å². The molecule has 0 bridgehead atoms. The van der Waals surface area contributed by atoms with Gasteiger partial charge < -0.3 is 4.90 Å². The summed E-state index contributed by atoms with van der Waals surface area (Å²) in [5.74, 6) is 1.04. The number of halogens is 2. The number of pyridine rings is 1. The molecule has 1 fully saturated rings. The third-order valence-electron chi connectivity index (χ3n) is 2.55. The summed E-state index contributed by atoms with van der Waals surface area (Å²) in [4.78, 5) is 17.3. The summed E-state index contributed by atoms with van der Waals surface area (Å²) in [7, 11) is 0. The fourth-order valence-corrected chi connectivity index (χ4v) is 2.43. The minimum atomic E-state index is 0.0603. The predicted octanol–water partition coefficient (Wildman–Crippen LogP) is 2.67. The molecular formula is C10H10Cl2N2OS. The first-order chi connectivity index (χ1) is 7.61. The third kappa shape index (κ3) is 2.29. The summed E-state index contributed by atoms with van der Waals surface area (Å²) in [6.07, 6.45) is 0.516. The van der Waals surface area contributed by atoms with E-state index >= 15 is 0 Å². The molecule has 1 aliphatic rings. The average Bonchev–Trinajstić information content (AvgIpc) is 2.60. The van der Waals surface area contributed by atoms with Crippen LogP contribution in [-0.4, -0.2) is 23.2 Å². The lowest BCUT2D eigenvalue weighted by Crippen LogP contribution is -2.25. The van der Waals surface area contributed by atoms with Crippen LogP contribution in [0.1, 0.15) is 6.42 Å². The Balaban J connectivity index is 2.28. The number of hydrogen-bond acceptors (Lipinski definition) is 3. The number of anilines is 1. The van der Waals surface area contributed by atoms with Crippen molar-refractivity contribution in [2.75, 3.05) is 17.2 Å². The van der Waals surface area contributed by atoms with E-state index in [1.807, 2.05) is 0 Å². The number of hydrogen-bond donors (Lipinski definition) is 1. The number of aromatic nitrogens is 1. The van der Waals surface area contributed by atoms with E-state index in [4.69, 9.17) is 23.2 Å². The summed E-state index contributed by atoms with van der Waals surface area (Å²) >= 11 is 15.9. The van der Waals surface area contributed by atoms with Gasteiger partial charge in [0.25, 0.3) is 0 Å². The number of carbonyl (C=O) groups is 1. The van der Waals surface area contributed by atoms with E-state index in [0.717, 1.165) is 0 Å². The Labute approximate surface area is 109 Å². The van der Waals surface area contributed by atoms with Crippen molar-refractivity contribution < 1.29 is 4.79 Å². The summed E-state index contributed by atoms with van der Waals surface area (Å²) in [6, 6.07) is 3.35. The first kappa shape index (κ1) is 12.0. The van der Waals surface area contributed by atoms with Gasteiger partial charge in [0, 0.05) is 13.0 Å². The number of nitrogens with zero attached hydrogens (tertiary/aromatic N) is 2. The Bertz CT molecular complexity index is 427. The third-order valence-corrected chi connectivity index (χ3v) is 3.55. The first-order valence-corrected chi connectivity index (χ1v) is 6.24. The second-order valence-electron chi connectivity index (χ2n) is 3.70. The molecule has 1 saturated heterocycles. The molecule has 0 radical (unpaired) electrons. The van der Waals surface area contributed by atoms with Gasteiger partial charge in [-0.05, 0) is 23.8 Å². The zero-order valence-corrected chi connectivity index (χ0v) is 10.8. The molecule has 6 heteroatoms. The molecule has 0 aliphatic carbocycles. The number of rotatable bonds is 2. The van der Waals surface area contributed by atoms with E-state index in [2.05, 4.69) is 17.6 Å². The van der Waals surface area contributed by atoms with Crippen molar-refractivity contribution in [2.45, 2.75) is 6.42 Å². The Morgan fingerprint density at radius 2 is 2.25 bits per heavy atom. The van der Waals surface area contributed by atoms with Crippen molar-refractivity contribution in [1.82, 2.24) is 4.98 Å². The lowest BCUT2D eigenvalue weighted by atomic mass is 10.1. The second kappa shape index (κ2) is 4.82. The van der Waals surface area contributed by atoms with Gasteiger partial charge in [0.05, 0.1) is 5.69 Å². The zero-order valence-electron chi connectivity index (χ0n) is 8.36. The fourth-order valence-electron chi connectivity index (χ4n) is 1.74. The molecule has 0 N–H and O–H groups in total. The first-order valence-electron chi connectivity index (χ1n) is 4.85. The SMILES string of the molecule is O=C1CC(CS)CN1c1ccc(Cl)nc1Cl. The van der Waals surface area contributed by atoms with Gasteiger partial charge in [-0.25, -0.2) is 4.98 Å². The molecular weight excluding hydrogens is 267 g/mol. The van der Waals surface area contributed by atoms with E-state index in [1.54, 1.807) is 17.0 Å².